The molecule has 4 nitrogen and oxygen atoms in total. The molecule has 0 aliphatic rings. The standard InChI is InChI=1S/C8H12N2O2/c1-7(3-5-9)10(2)6-4-8(11)12/h4,6-7H,3H2,1-2H3,(H,11,12). The molecule has 0 spiro atoms. The van der Waals surface area contributed by atoms with Gasteiger partial charge in [0.15, 0.2) is 0 Å². The lowest BCUT2D eigenvalue weighted by atomic mass is 10.2. The van der Waals surface area contributed by atoms with Crippen molar-refractivity contribution >= 4 is 5.97 Å². The molecule has 0 saturated heterocycles. The summed E-state index contributed by atoms with van der Waals surface area (Å²) >= 11 is 0. The molecule has 0 saturated carbocycles. The maximum atomic E-state index is 10.1. The van der Waals surface area contributed by atoms with Gasteiger partial charge in [0.1, 0.15) is 0 Å². The molecule has 0 aromatic carbocycles. The van der Waals surface area contributed by atoms with Gasteiger partial charge in [-0.05, 0) is 6.92 Å². The first-order valence-corrected chi connectivity index (χ1v) is 3.58. The van der Waals surface area contributed by atoms with Crippen LogP contribution in [0.15, 0.2) is 12.3 Å². The molecule has 1 unspecified atom stereocenters. The average Bonchev–Trinajstić information content (AvgIpc) is 2.00. The number of hydrogen-bond acceptors (Lipinski definition) is 3. The minimum atomic E-state index is -0.981. The fraction of sp³-hybridized carbons (Fsp3) is 0.500. The maximum Gasteiger partial charge on any atom is 0.329 e. The van der Waals surface area contributed by atoms with Crippen LogP contribution in [-0.4, -0.2) is 29.1 Å². The summed E-state index contributed by atoms with van der Waals surface area (Å²) < 4.78 is 0. The monoisotopic (exact) mass is 168 g/mol. The summed E-state index contributed by atoms with van der Waals surface area (Å²) in [4.78, 5) is 11.8. The number of carbonyl (C=O) groups is 1. The van der Waals surface area contributed by atoms with Crippen molar-refractivity contribution in [1.82, 2.24) is 4.90 Å². The van der Waals surface area contributed by atoms with Crippen LogP contribution in [0, 0.1) is 11.3 Å². The van der Waals surface area contributed by atoms with Crippen molar-refractivity contribution in [2.75, 3.05) is 7.05 Å². The van der Waals surface area contributed by atoms with E-state index in [-0.39, 0.29) is 6.04 Å². The third-order valence-electron chi connectivity index (χ3n) is 1.53. The second-order valence-electron chi connectivity index (χ2n) is 2.53. The van der Waals surface area contributed by atoms with E-state index in [2.05, 4.69) is 0 Å². The molecule has 1 atom stereocenters. The van der Waals surface area contributed by atoms with Crippen LogP contribution in [0.5, 0.6) is 0 Å². The fourth-order valence-corrected chi connectivity index (χ4v) is 0.604. The first-order valence-electron chi connectivity index (χ1n) is 3.58. The predicted molar refractivity (Wildman–Crippen MR) is 44.2 cm³/mol. The van der Waals surface area contributed by atoms with Gasteiger partial charge in [0.2, 0.25) is 0 Å². The Morgan fingerprint density at radius 1 is 1.83 bits per heavy atom. The number of nitrogens with zero attached hydrogens (tertiary/aromatic N) is 2. The van der Waals surface area contributed by atoms with Crippen LogP contribution in [0.3, 0.4) is 0 Å². The van der Waals surface area contributed by atoms with Gasteiger partial charge >= 0.3 is 5.97 Å². The van der Waals surface area contributed by atoms with Crippen molar-refractivity contribution in [3.05, 3.63) is 12.3 Å². The summed E-state index contributed by atoms with van der Waals surface area (Å²) in [6.07, 6.45) is 2.89. The van der Waals surface area contributed by atoms with Crippen LogP contribution in [-0.2, 0) is 4.79 Å². The van der Waals surface area contributed by atoms with E-state index in [4.69, 9.17) is 10.4 Å². The van der Waals surface area contributed by atoms with Crippen molar-refractivity contribution in [3.63, 3.8) is 0 Å². The van der Waals surface area contributed by atoms with Crippen molar-refractivity contribution in [2.45, 2.75) is 19.4 Å². The molecule has 0 bridgehead atoms. The molecule has 0 fully saturated rings. The summed E-state index contributed by atoms with van der Waals surface area (Å²) in [5, 5.41) is 16.6. The summed E-state index contributed by atoms with van der Waals surface area (Å²) in [7, 11) is 1.74. The highest BCUT2D eigenvalue weighted by atomic mass is 16.4. The minimum Gasteiger partial charge on any atom is -0.478 e. The number of nitriles is 1. The quantitative estimate of drug-likeness (QED) is 0.631. The Hall–Kier alpha value is -1.50. The van der Waals surface area contributed by atoms with Gasteiger partial charge in [0.05, 0.1) is 12.5 Å². The summed E-state index contributed by atoms with van der Waals surface area (Å²) in [5.74, 6) is -0.981. The zero-order valence-corrected chi connectivity index (χ0v) is 7.19. The molecule has 0 radical (unpaired) electrons. The lowest BCUT2D eigenvalue weighted by molar-refractivity contribution is -0.131. The van der Waals surface area contributed by atoms with Gasteiger partial charge < -0.3 is 10.0 Å². The predicted octanol–water partition coefficient (Wildman–Crippen LogP) is 0.819. The summed E-state index contributed by atoms with van der Waals surface area (Å²) in [5.41, 5.74) is 0. The Morgan fingerprint density at radius 2 is 2.42 bits per heavy atom. The Balaban J connectivity index is 3.95. The number of carboxylic acid groups (broad SMARTS) is 1. The van der Waals surface area contributed by atoms with Gasteiger partial charge in [-0.15, -0.1) is 0 Å². The highest BCUT2D eigenvalue weighted by Gasteiger charge is 2.03. The molecule has 0 aliphatic carbocycles. The van der Waals surface area contributed by atoms with Crippen molar-refractivity contribution < 1.29 is 9.90 Å². The zero-order chi connectivity index (χ0) is 9.56. The molecule has 0 amide bonds. The molecule has 0 rings (SSSR count). The van der Waals surface area contributed by atoms with Crippen LogP contribution >= 0.6 is 0 Å². The number of hydrogen-bond donors (Lipinski definition) is 1. The van der Waals surface area contributed by atoms with Gasteiger partial charge in [-0.1, -0.05) is 0 Å². The first-order chi connectivity index (χ1) is 5.57. The molecule has 4 heteroatoms. The van der Waals surface area contributed by atoms with Gasteiger partial charge in [-0.25, -0.2) is 4.79 Å². The highest BCUT2D eigenvalue weighted by molar-refractivity contribution is 5.79. The normalized spacial score (nSPS) is 12.4. The molecule has 66 valence electrons. The maximum absolute atomic E-state index is 10.1. The third kappa shape index (κ3) is 4.34. The fourth-order valence-electron chi connectivity index (χ4n) is 0.604. The third-order valence-corrected chi connectivity index (χ3v) is 1.53. The molecular weight excluding hydrogens is 156 g/mol. The van der Waals surface area contributed by atoms with Crippen LogP contribution in [0.25, 0.3) is 0 Å². The topological polar surface area (TPSA) is 64.3 Å². The highest BCUT2D eigenvalue weighted by Crippen LogP contribution is 1.99. The van der Waals surface area contributed by atoms with Crippen molar-refractivity contribution in [3.8, 4) is 6.07 Å². The van der Waals surface area contributed by atoms with E-state index >= 15 is 0 Å². The summed E-state index contributed by atoms with van der Waals surface area (Å²) in [6.45, 7) is 1.86. The largest absolute Gasteiger partial charge is 0.478 e. The van der Waals surface area contributed by atoms with E-state index in [0.717, 1.165) is 6.08 Å². The summed E-state index contributed by atoms with van der Waals surface area (Å²) in [6, 6.07) is 2.06. The Labute approximate surface area is 71.7 Å². The van der Waals surface area contributed by atoms with E-state index in [1.807, 2.05) is 13.0 Å². The lowest BCUT2D eigenvalue weighted by Gasteiger charge is -2.19. The van der Waals surface area contributed by atoms with Crippen LogP contribution in [0.4, 0.5) is 0 Å². The zero-order valence-electron chi connectivity index (χ0n) is 7.19. The Bertz CT molecular complexity index is 218. The van der Waals surface area contributed by atoms with E-state index in [1.165, 1.54) is 6.20 Å². The molecule has 0 aliphatic heterocycles. The molecule has 0 aromatic heterocycles. The molecular formula is C8H12N2O2. The van der Waals surface area contributed by atoms with Crippen LogP contribution in [0.1, 0.15) is 13.3 Å². The average molecular weight is 168 g/mol. The molecule has 0 aromatic rings. The Kier molecular flexibility index (Phi) is 4.54. The van der Waals surface area contributed by atoms with E-state index in [9.17, 15) is 4.79 Å². The number of rotatable bonds is 4. The van der Waals surface area contributed by atoms with E-state index < -0.39 is 5.97 Å². The van der Waals surface area contributed by atoms with Gasteiger partial charge in [-0.3, -0.25) is 0 Å². The SMILES string of the molecule is CC(CC#N)N(C)C=CC(=O)O. The van der Waals surface area contributed by atoms with Crippen LogP contribution < -0.4 is 0 Å². The van der Waals surface area contributed by atoms with Crippen molar-refractivity contribution in [1.29, 1.82) is 5.26 Å². The van der Waals surface area contributed by atoms with Gasteiger partial charge in [0, 0.05) is 25.4 Å². The van der Waals surface area contributed by atoms with Gasteiger partial charge in [-0.2, -0.15) is 5.26 Å². The number of aliphatic carboxylic acids is 1. The second kappa shape index (κ2) is 5.19. The molecule has 1 N–H and O–H groups in total. The smallest absolute Gasteiger partial charge is 0.329 e. The molecule has 12 heavy (non-hydrogen) atoms. The number of carboxylic acids is 1. The molecule has 0 heterocycles. The minimum absolute atomic E-state index is 0.0469. The van der Waals surface area contributed by atoms with E-state index in [0.29, 0.717) is 6.42 Å². The van der Waals surface area contributed by atoms with Crippen molar-refractivity contribution in [2.24, 2.45) is 0 Å². The van der Waals surface area contributed by atoms with E-state index in [1.54, 1.807) is 11.9 Å². The van der Waals surface area contributed by atoms with Crippen LogP contribution in [0.2, 0.25) is 0 Å². The Morgan fingerprint density at radius 3 is 2.83 bits per heavy atom. The lowest BCUT2D eigenvalue weighted by Crippen LogP contribution is -2.23. The second-order valence-corrected chi connectivity index (χ2v) is 2.53. The first kappa shape index (κ1) is 10.5. The van der Waals surface area contributed by atoms with Gasteiger partial charge in [0.25, 0.3) is 0 Å².